The van der Waals surface area contributed by atoms with Gasteiger partial charge in [-0.3, -0.25) is 0 Å². The zero-order valence-electron chi connectivity index (χ0n) is 9.63. The summed E-state index contributed by atoms with van der Waals surface area (Å²) >= 11 is 0. The van der Waals surface area contributed by atoms with Crippen molar-refractivity contribution in [2.75, 3.05) is 6.54 Å². The first-order chi connectivity index (χ1) is 6.70. The molecule has 2 atom stereocenters. The van der Waals surface area contributed by atoms with Crippen molar-refractivity contribution in [3.05, 3.63) is 0 Å². The van der Waals surface area contributed by atoms with Gasteiger partial charge in [0, 0.05) is 6.04 Å². The van der Waals surface area contributed by atoms with Gasteiger partial charge < -0.3 is 10.4 Å². The molecule has 0 amide bonds. The molecule has 1 aliphatic carbocycles. The van der Waals surface area contributed by atoms with E-state index in [0.717, 1.165) is 25.3 Å². The van der Waals surface area contributed by atoms with Crippen LogP contribution in [0.2, 0.25) is 0 Å². The predicted octanol–water partition coefficient (Wildman–Crippen LogP) is 2.32. The van der Waals surface area contributed by atoms with Gasteiger partial charge in [-0.15, -0.1) is 0 Å². The smallest absolute Gasteiger partial charge is 0.0693 e. The lowest BCUT2D eigenvalue weighted by Crippen LogP contribution is -2.36. The normalized spacial score (nSPS) is 27.4. The van der Waals surface area contributed by atoms with Crippen molar-refractivity contribution in [2.45, 2.75) is 64.5 Å². The van der Waals surface area contributed by atoms with Crippen LogP contribution in [0, 0.1) is 5.92 Å². The largest absolute Gasteiger partial charge is 0.392 e. The van der Waals surface area contributed by atoms with Gasteiger partial charge >= 0.3 is 0 Å². The highest BCUT2D eigenvalue weighted by Crippen LogP contribution is 2.18. The molecule has 0 radical (unpaired) electrons. The van der Waals surface area contributed by atoms with Crippen molar-refractivity contribution in [1.29, 1.82) is 0 Å². The lowest BCUT2D eigenvalue weighted by molar-refractivity contribution is 0.149. The highest BCUT2D eigenvalue weighted by molar-refractivity contribution is 4.82. The third kappa shape index (κ3) is 4.43. The summed E-state index contributed by atoms with van der Waals surface area (Å²) in [6.45, 7) is 5.62. The molecule has 2 heteroatoms. The summed E-state index contributed by atoms with van der Waals surface area (Å²) in [7, 11) is 0. The number of unbranched alkanes of at least 4 members (excludes halogenated alkanes) is 1. The summed E-state index contributed by atoms with van der Waals surface area (Å²) in [5.74, 6) is 0.826. The maximum Gasteiger partial charge on any atom is 0.0693 e. The molecule has 14 heavy (non-hydrogen) atoms. The molecule has 1 aliphatic rings. The van der Waals surface area contributed by atoms with E-state index in [2.05, 4.69) is 19.2 Å². The number of rotatable bonds is 6. The lowest BCUT2D eigenvalue weighted by Gasteiger charge is -2.16. The van der Waals surface area contributed by atoms with Crippen LogP contribution in [0.25, 0.3) is 0 Å². The van der Waals surface area contributed by atoms with E-state index < -0.39 is 0 Å². The summed E-state index contributed by atoms with van der Waals surface area (Å²) in [6.07, 6.45) is 7.14. The molecule has 0 aromatic carbocycles. The van der Waals surface area contributed by atoms with Crippen LogP contribution in [0.4, 0.5) is 0 Å². The second kappa shape index (κ2) is 6.41. The zero-order valence-corrected chi connectivity index (χ0v) is 9.63. The highest BCUT2D eigenvalue weighted by Gasteiger charge is 2.23. The molecule has 0 aliphatic heterocycles. The molecule has 1 saturated carbocycles. The Morgan fingerprint density at radius 2 is 2.07 bits per heavy atom. The van der Waals surface area contributed by atoms with Gasteiger partial charge in [-0.1, -0.05) is 26.7 Å². The van der Waals surface area contributed by atoms with Gasteiger partial charge in [-0.2, -0.15) is 0 Å². The molecule has 0 bridgehead atoms. The maximum absolute atomic E-state index is 9.57. The van der Waals surface area contributed by atoms with Gasteiger partial charge in [0.25, 0.3) is 0 Å². The molecular weight excluding hydrogens is 174 g/mol. The maximum atomic E-state index is 9.57. The van der Waals surface area contributed by atoms with E-state index in [4.69, 9.17) is 0 Å². The van der Waals surface area contributed by atoms with Crippen molar-refractivity contribution in [3.63, 3.8) is 0 Å². The molecule has 1 fully saturated rings. The third-order valence-corrected chi connectivity index (χ3v) is 3.09. The van der Waals surface area contributed by atoms with E-state index in [0.29, 0.717) is 6.04 Å². The Kier molecular flexibility index (Phi) is 5.49. The van der Waals surface area contributed by atoms with E-state index in [1.54, 1.807) is 0 Å². The number of aliphatic hydroxyl groups excluding tert-OH is 1. The molecule has 0 aromatic rings. The van der Waals surface area contributed by atoms with Crippen molar-refractivity contribution in [3.8, 4) is 0 Å². The van der Waals surface area contributed by atoms with Crippen molar-refractivity contribution in [1.82, 2.24) is 5.32 Å². The fraction of sp³-hybridized carbons (Fsp3) is 1.00. The summed E-state index contributed by atoms with van der Waals surface area (Å²) in [6, 6.07) is 0.383. The molecule has 0 heterocycles. The zero-order chi connectivity index (χ0) is 10.4. The van der Waals surface area contributed by atoms with E-state index in [1.165, 1.54) is 25.7 Å². The minimum atomic E-state index is -0.0832. The molecule has 2 nitrogen and oxygen atoms in total. The SMILES string of the molecule is CC(C)CCCCN[C@@H]1CCC[C@H]1O. The fourth-order valence-corrected chi connectivity index (χ4v) is 2.14. The quantitative estimate of drug-likeness (QED) is 0.643. The predicted molar refractivity (Wildman–Crippen MR) is 60.3 cm³/mol. The number of nitrogens with one attached hydrogen (secondary N) is 1. The molecule has 0 aromatic heterocycles. The summed E-state index contributed by atoms with van der Waals surface area (Å²) in [5.41, 5.74) is 0. The van der Waals surface area contributed by atoms with Crippen LogP contribution >= 0.6 is 0 Å². The van der Waals surface area contributed by atoms with Crippen molar-refractivity contribution >= 4 is 0 Å². The molecule has 1 rings (SSSR count). The molecule has 0 saturated heterocycles. The average molecular weight is 199 g/mol. The Labute approximate surface area is 88.1 Å². The van der Waals surface area contributed by atoms with Gasteiger partial charge in [0.1, 0.15) is 0 Å². The number of aliphatic hydroxyl groups is 1. The highest BCUT2D eigenvalue weighted by atomic mass is 16.3. The van der Waals surface area contributed by atoms with Crippen LogP contribution in [0.1, 0.15) is 52.4 Å². The van der Waals surface area contributed by atoms with Crippen LogP contribution in [-0.2, 0) is 0 Å². The first kappa shape index (κ1) is 12.0. The van der Waals surface area contributed by atoms with Gasteiger partial charge in [0.15, 0.2) is 0 Å². The topological polar surface area (TPSA) is 32.3 Å². The van der Waals surface area contributed by atoms with Crippen LogP contribution in [-0.4, -0.2) is 23.8 Å². The van der Waals surface area contributed by atoms with Crippen molar-refractivity contribution < 1.29 is 5.11 Å². The Hall–Kier alpha value is -0.0800. The van der Waals surface area contributed by atoms with Gasteiger partial charge in [0.2, 0.25) is 0 Å². The minimum absolute atomic E-state index is 0.0832. The second-order valence-electron chi connectivity index (χ2n) is 4.95. The van der Waals surface area contributed by atoms with E-state index >= 15 is 0 Å². The number of hydrogen-bond acceptors (Lipinski definition) is 2. The van der Waals surface area contributed by atoms with E-state index in [9.17, 15) is 5.11 Å². The van der Waals surface area contributed by atoms with Crippen molar-refractivity contribution in [2.24, 2.45) is 5.92 Å². The first-order valence-electron chi connectivity index (χ1n) is 6.11. The number of hydrogen-bond donors (Lipinski definition) is 2. The van der Waals surface area contributed by atoms with Gasteiger partial charge in [-0.05, 0) is 38.1 Å². The molecular formula is C12H25NO. The van der Waals surface area contributed by atoms with Crippen LogP contribution in [0.5, 0.6) is 0 Å². The first-order valence-corrected chi connectivity index (χ1v) is 6.11. The Morgan fingerprint density at radius 1 is 1.29 bits per heavy atom. The van der Waals surface area contributed by atoms with Gasteiger partial charge in [-0.25, -0.2) is 0 Å². The lowest BCUT2D eigenvalue weighted by atomic mass is 10.1. The molecule has 0 unspecified atom stereocenters. The Morgan fingerprint density at radius 3 is 2.64 bits per heavy atom. The Bertz CT molecular complexity index is 147. The summed E-state index contributed by atoms with van der Waals surface area (Å²) in [5, 5.41) is 13.0. The van der Waals surface area contributed by atoms with Gasteiger partial charge in [0.05, 0.1) is 6.10 Å². The standard InChI is InChI=1S/C12H25NO/c1-10(2)6-3-4-9-13-11-7-5-8-12(11)14/h10-14H,3-9H2,1-2H3/t11-,12-/m1/s1. The minimum Gasteiger partial charge on any atom is -0.392 e. The molecule has 84 valence electrons. The monoisotopic (exact) mass is 199 g/mol. The Balaban J connectivity index is 1.93. The van der Waals surface area contributed by atoms with Crippen LogP contribution in [0.3, 0.4) is 0 Å². The third-order valence-electron chi connectivity index (χ3n) is 3.09. The molecule has 0 spiro atoms. The summed E-state index contributed by atoms with van der Waals surface area (Å²) < 4.78 is 0. The van der Waals surface area contributed by atoms with E-state index in [1.807, 2.05) is 0 Å². The second-order valence-corrected chi connectivity index (χ2v) is 4.95. The summed E-state index contributed by atoms with van der Waals surface area (Å²) in [4.78, 5) is 0. The van der Waals surface area contributed by atoms with Crippen LogP contribution in [0.15, 0.2) is 0 Å². The van der Waals surface area contributed by atoms with E-state index in [-0.39, 0.29) is 6.10 Å². The average Bonchev–Trinajstić information content (AvgIpc) is 2.51. The van der Waals surface area contributed by atoms with Crippen LogP contribution < -0.4 is 5.32 Å². The fourth-order valence-electron chi connectivity index (χ4n) is 2.14. The molecule has 2 N–H and O–H groups in total.